The molecule has 0 fully saturated rings. The fraction of sp³-hybridized carbons (Fsp3) is 0.333. The van der Waals surface area contributed by atoms with E-state index in [4.69, 9.17) is 0 Å². The van der Waals surface area contributed by atoms with Gasteiger partial charge in [0.15, 0.2) is 0 Å². The number of fused-ring (bicyclic) bond motifs is 1. The van der Waals surface area contributed by atoms with E-state index < -0.39 is 0 Å². The van der Waals surface area contributed by atoms with Gasteiger partial charge in [-0.1, -0.05) is 29.3 Å². The second-order valence-electron chi connectivity index (χ2n) is 3.54. The second kappa shape index (κ2) is 4.03. The van der Waals surface area contributed by atoms with Crippen molar-refractivity contribution in [3.63, 3.8) is 0 Å². The van der Waals surface area contributed by atoms with E-state index in [0.29, 0.717) is 0 Å². The van der Waals surface area contributed by atoms with Crippen LogP contribution >= 0.6 is 27.3 Å². The molecule has 0 aliphatic rings. The van der Waals surface area contributed by atoms with Crippen LogP contribution in [0.3, 0.4) is 0 Å². The van der Waals surface area contributed by atoms with Crippen LogP contribution in [0, 0.1) is 6.92 Å². The Balaban J connectivity index is 2.62. The van der Waals surface area contributed by atoms with Gasteiger partial charge in [0, 0.05) is 14.0 Å². The monoisotopic (exact) mass is 268 g/mol. The van der Waals surface area contributed by atoms with Gasteiger partial charge >= 0.3 is 0 Å². The standard InChI is InChI=1S/C12H13BrS/c1-3-4-11-8(2)10-7-9(13)5-6-12(10)14-11/h5-7H,3-4H2,1-2H3. The minimum atomic E-state index is 1.17. The van der Waals surface area contributed by atoms with E-state index >= 15 is 0 Å². The molecule has 2 rings (SSSR count). The lowest BCUT2D eigenvalue weighted by atomic mass is 10.1. The van der Waals surface area contributed by atoms with Crippen molar-refractivity contribution in [1.29, 1.82) is 0 Å². The topological polar surface area (TPSA) is 0 Å². The SMILES string of the molecule is CCCc1sc2ccc(Br)cc2c1C. The summed E-state index contributed by atoms with van der Waals surface area (Å²) >= 11 is 5.46. The van der Waals surface area contributed by atoms with Gasteiger partial charge in [-0.2, -0.15) is 0 Å². The third kappa shape index (κ3) is 1.73. The van der Waals surface area contributed by atoms with Gasteiger partial charge in [-0.3, -0.25) is 0 Å². The molecule has 0 unspecified atom stereocenters. The van der Waals surface area contributed by atoms with E-state index in [-0.39, 0.29) is 0 Å². The zero-order valence-corrected chi connectivity index (χ0v) is 10.8. The molecule has 1 aromatic carbocycles. The number of benzene rings is 1. The van der Waals surface area contributed by atoms with Crippen LogP contribution < -0.4 is 0 Å². The number of aryl methyl sites for hydroxylation is 2. The molecule has 0 nitrogen and oxygen atoms in total. The second-order valence-corrected chi connectivity index (χ2v) is 5.59. The highest BCUT2D eigenvalue weighted by molar-refractivity contribution is 9.10. The summed E-state index contributed by atoms with van der Waals surface area (Å²) in [5, 5.41) is 1.41. The molecule has 74 valence electrons. The molecule has 0 radical (unpaired) electrons. The first-order chi connectivity index (χ1) is 6.72. The van der Waals surface area contributed by atoms with Gasteiger partial charge in [0.1, 0.15) is 0 Å². The van der Waals surface area contributed by atoms with Crippen LogP contribution in [0.4, 0.5) is 0 Å². The lowest BCUT2D eigenvalue weighted by molar-refractivity contribution is 0.934. The van der Waals surface area contributed by atoms with Crippen molar-refractivity contribution in [3.05, 3.63) is 33.1 Å². The largest absolute Gasteiger partial charge is 0.140 e. The lowest BCUT2D eigenvalue weighted by Crippen LogP contribution is -1.79. The maximum absolute atomic E-state index is 3.52. The quantitative estimate of drug-likeness (QED) is 0.725. The molecule has 0 bridgehead atoms. The van der Waals surface area contributed by atoms with Crippen molar-refractivity contribution in [1.82, 2.24) is 0 Å². The van der Waals surface area contributed by atoms with Gasteiger partial charge < -0.3 is 0 Å². The van der Waals surface area contributed by atoms with E-state index in [1.807, 2.05) is 11.3 Å². The Morgan fingerprint density at radius 1 is 1.36 bits per heavy atom. The molecular weight excluding hydrogens is 256 g/mol. The number of hydrogen-bond acceptors (Lipinski definition) is 1. The fourth-order valence-corrected chi connectivity index (χ4v) is 3.36. The molecule has 14 heavy (non-hydrogen) atoms. The Morgan fingerprint density at radius 2 is 2.14 bits per heavy atom. The molecule has 2 heteroatoms. The summed E-state index contributed by atoms with van der Waals surface area (Å²) in [6, 6.07) is 6.55. The molecule has 0 amide bonds. The van der Waals surface area contributed by atoms with Gasteiger partial charge in [-0.05, 0) is 42.5 Å². The number of halogens is 1. The van der Waals surface area contributed by atoms with E-state index in [1.54, 1.807) is 4.88 Å². The molecule has 0 aliphatic heterocycles. The lowest BCUT2D eigenvalue weighted by Gasteiger charge is -1.95. The Hall–Kier alpha value is -0.340. The molecule has 0 N–H and O–H groups in total. The zero-order valence-electron chi connectivity index (χ0n) is 8.43. The van der Waals surface area contributed by atoms with Gasteiger partial charge in [0.25, 0.3) is 0 Å². The Labute approximate surface area is 97.1 Å². The molecular formula is C12H13BrS. The first-order valence-corrected chi connectivity index (χ1v) is 6.51. The average molecular weight is 269 g/mol. The first kappa shape index (κ1) is 10.2. The van der Waals surface area contributed by atoms with Crippen molar-refractivity contribution >= 4 is 37.4 Å². The van der Waals surface area contributed by atoms with Crippen molar-refractivity contribution in [3.8, 4) is 0 Å². The highest BCUT2D eigenvalue weighted by Gasteiger charge is 2.07. The molecule has 1 heterocycles. The third-order valence-electron chi connectivity index (χ3n) is 2.47. The Kier molecular flexibility index (Phi) is 2.93. The first-order valence-electron chi connectivity index (χ1n) is 4.90. The molecule has 0 saturated carbocycles. The van der Waals surface area contributed by atoms with Crippen LogP contribution in [0.15, 0.2) is 22.7 Å². The summed E-state index contributed by atoms with van der Waals surface area (Å²) in [5.74, 6) is 0. The number of rotatable bonds is 2. The predicted molar refractivity (Wildman–Crippen MR) is 68.3 cm³/mol. The normalized spacial score (nSPS) is 11.1. The van der Waals surface area contributed by atoms with E-state index in [2.05, 4.69) is 48.0 Å². The smallest absolute Gasteiger partial charge is 0.0349 e. The van der Waals surface area contributed by atoms with Crippen LogP contribution in [-0.4, -0.2) is 0 Å². The van der Waals surface area contributed by atoms with Crippen molar-refractivity contribution < 1.29 is 0 Å². The maximum atomic E-state index is 3.52. The summed E-state index contributed by atoms with van der Waals surface area (Å²) in [7, 11) is 0. The van der Waals surface area contributed by atoms with Gasteiger partial charge in [0.2, 0.25) is 0 Å². The van der Waals surface area contributed by atoms with Gasteiger partial charge in [-0.15, -0.1) is 11.3 Å². The van der Waals surface area contributed by atoms with Crippen LogP contribution in [0.25, 0.3) is 10.1 Å². The molecule has 0 saturated heterocycles. The van der Waals surface area contributed by atoms with Crippen molar-refractivity contribution in [2.45, 2.75) is 26.7 Å². The minimum Gasteiger partial charge on any atom is -0.140 e. The van der Waals surface area contributed by atoms with Crippen LogP contribution in [0.5, 0.6) is 0 Å². The summed E-state index contributed by atoms with van der Waals surface area (Å²) in [4.78, 5) is 1.54. The molecule has 0 aliphatic carbocycles. The Morgan fingerprint density at radius 3 is 2.86 bits per heavy atom. The summed E-state index contributed by atoms with van der Waals surface area (Å²) in [5.41, 5.74) is 1.47. The van der Waals surface area contributed by atoms with Crippen LogP contribution in [-0.2, 0) is 6.42 Å². The zero-order chi connectivity index (χ0) is 10.1. The minimum absolute atomic E-state index is 1.17. The summed E-state index contributed by atoms with van der Waals surface area (Å²) < 4.78 is 2.59. The third-order valence-corrected chi connectivity index (χ3v) is 4.30. The van der Waals surface area contributed by atoms with Crippen LogP contribution in [0.2, 0.25) is 0 Å². The van der Waals surface area contributed by atoms with Crippen molar-refractivity contribution in [2.24, 2.45) is 0 Å². The molecule has 0 atom stereocenters. The fourth-order valence-electron chi connectivity index (χ4n) is 1.71. The summed E-state index contributed by atoms with van der Waals surface area (Å²) in [6.07, 6.45) is 2.44. The summed E-state index contributed by atoms with van der Waals surface area (Å²) in [6.45, 7) is 4.47. The van der Waals surface area contributed by atoms with Crippen LogP contribution in [0.1, 0.15) is 23.8 Å². The number of thiophene rings is 1. The highest BCUT2D eigenvalue weighted by atomic mass is 79.9. The van der Waals surface area contributed by atoms with Gasteiger partial charge in [0.05, 0.1) is 0 Å². The van der Waals surface area contributed by atoms with Gasteiger partial charge in [-0.25, -0.2) is 0 Å². The van der Waals surface area contributed by atoms with Crippen molar-refractivity contribution in [2.75, 3.05) is 0 Å². The van der Waals surface area contributed by atoms with E-state index in [9.17, 15) is 0 Å². The van der Waals surface area contributed by atoms with E-state index in [1.165, 1.54) is 33.0 Å². The van der Waals surface area contributed by atoms with E-state index in [0.717, 1.165) is 0 Å². The highest BCUT2D eigenvalue weighted by Crippen LogP contribution is 2.33. The molecule has 2 aromatic rings. The molecule has 1 aromatic heterocycles. The Bertz CT molecular complexity index is 457. The average Bonchev–Trinajstić information content (AvgIpc) is 2.46. The predicted octanol–water partition coefficient (Wildman–Crippen LogP) is 4.92. The molecule has 0 spiro atoms. The maximum Gasteiger partial charge on any atom is 0.0349 e. The number of hydrogen-bond donors (Lipinski definition) is 0.